The summed E-state index contributed by atoms with van der Waals surface area (Å²) in [6.45, 7) is 2.24. The van der Waals surface area contributed by atoms with E-state index in [1.54, 1.807) is 0 Å². The van der Waals surface area contributed by atoms with Crippen molar-refractivity contribution in [3.8, 4) is 0 Å². The molecule has 34 heavy (non-hydrogen) atoms. The Morgan fingerprint density at radius 3 is 2.62 bits per heavy atom. The molecule has 1 saturated heterocycles. The number of fused-ring (bicyclic) bond motifs is 2. The van der Waals surface area contributed by atoms with E-state index in [2.05, 4.69) is 83.1 Å². The molecule has 2 fully saturated rings. The molecule has 2 heterocycles. The van der Waals surface area contributed by atoms with Gasteiger partial charge in [0.05, 0.1) is 5.41 Å². The summed E-state index contributed by atoms with van der Waals surface area (Å²) in [6.07, 6.45) is 1.96. The van der Waals surface area contributed by atoms with Crippen molar-refractivity contribution in [3.63, 3.8) is 0 Å². The third kappa shape index (κ3) is 2.53. The Hall–Kier alpha value is -2.95. The molecule has 4 aromatic rings. The third-order valence-electron chi connectivity index (χ3n) is 8.97. The highest BCUT2D eigenvalue weighted by atomic mass is 32.1. The van der Waals surface area contributed by atoms with Gasteiger partial charge in [0.2, 0.25) is 0 Å². The van der Waals surface area contributed by atoms with E-state index in [-0.39, 0.29) is 17.3 Å². The normalized spacial score (nSPS) is 29.8. The first-order chi connectivity index (χ1) is 16.6. The Morgan fingerprint density at radius 1 is 1.00 bits per heavy atom. The number of carbonyl (C=O) groups is 1. The molecule has 4 heteroatoms. The molecule has 0 spiro atoms. The van der Waals surface area contributed by atoms with Crippen LogP contribution in [0.15, 0.2) is 84.2 Å². The summed E-state index contributed by atoms with van der Waals surface area (Å²) in [5.41, 5.74) is 2.88. The molecule has 3 aromatic carbocycles. The average molecular weight is 466 g/mol. The Bertz CT molecular complexity index is 1410. The third-order valence-corrected chi connectivity index (χ3v) is 10.2. The Kier molecular flexibility index (Phi) is 4.37. The van der Waals surface area contributed by atoms with Gasteiger partial charge in [0.1, 0.15) is 0 Å². The number of aliphatic carboxylic acids is 1. The predicted molar refractivity (Wildman–Crippen MR) is 136 cm³/mol. The summed E-state index contributed by atoms with van der Waals surface area (Å²) >= 11 is 1.83. The van der Waals surface area contributed by atoms with Crippen molar-refractivity contribution in [3.05, 3.63) is 106 Å². The van der Waals surface area contributed by atoms with Gasteiger partial charge in [0.15, 0.2) is 0 Å². The average Bonchev–Trinajstić information content (AvgIpc) is 3.49. The summed E-state index contributed by atoms with van der Waals surface area (Å²) < 4.78 is 0. The van der Waals surface area contributed by atoms with Gasteiger partial charge in [0, 0.05) is 41.8 Å². The molecule has 3 nitrogen and oxygen atoms in total. The van der Waals surface area contributed by atoms with Crippen LogP contribution in [-0.4, -0.2) is 29.1 Å². The number of carboxylic acids is 1. The standard InChI is InChI=1S/C30H27NO2S/c32-28(33)30-19-31(16-20-8-2-1-3-9-20)17-26(30)29(27-22-11-5-4-10-21(22)18-34-27)15-14-25(30)23-12-6-7-13-24(23)29/h1-13,18,25-26H,14-17,19H2,(H,32,33). The lowest BCUT2D eigenvalue weighted by Crippen LogP contribution is -2.60. The molecule has 170 valence electrons. The molecule has 1 N–H and O–H groups in total. The molecular weight excluding hydrogens is 438 g/mol. The van der Waals surface area contributed by atoms with Gasteiger partial charge in [-0.25, -0.2) is 0 Å². The van der Waals surface area contributed by atoms with E-state index in [1.807, 2.05) is 17.4 Å². The minimum absolute atomic E-state index is 0.0527. The number of rotatable bonds is 4. The smallest absolute Gasteiger partial charge is 0.311 e. The van der Waals surface area contributed by atoms with Crippen LogP contribution < -0.4 is 0 Å². The van der Waals surface area contributed by atoms with Gasteiger partial charge in [-0.2, -0.15) is 0 Å². The van der Waals surface area contributed by atoms with Crippen molar-refractivity contribution in [2.75, 3.05) is 13.1 Å². The zero-order valence-electron chi connectivity index (χ0n) is 19.0. The van der Waals surface area contributed by atoms with Crippen molar-refractivity contribution < 1.29 is 9.90 Å². The number of hydrogen-bond donors (Lipinski definition) is 1. The van der Waals surface area contributed by atoms with E-state index < -0.39 is 11.4 Å². The van der Waals surface area contributed by atoms with Gasteiger partial charge >= 0.3 is 5.97 Å². The topological polar surface area (TPSA) is 40.5 Å². The minimum Gasteiger partial charge on any atom is -0.481 e. The number of benzene rings is 3. The fourth-order valence-corrected chi connectivity index (χ4v) is 9.07. The molecule has 1 aromatic heterocycles. The minimum atomic E-state index is -0.757. The van der Waals surface area contributed by atoms with E-state index in [1.165, 1.54) is 32.3 Å². The first-order valence-corrected chi connectivity index (χ1v) is 13.1. The SMILES string of the molecule is O=C(O)C12CN(Cc3ccccc3)CC1C1(c3scc4ccccc34)CCC2c2ccccc21. The number of hydrogen-bond acceptors (Lipinski definition) is 3. The molecule has 3 aliphatic carbocycles. The summed E-state index contributed by atoms with van der Waals surface area (Å²) in [4.78, 5) is 17.1. The summed E-state index contributed by atoms with van der Waals surface area (Å²) in [5, 5.41) is 15.8. The highest BCUT2D eigenvalue weighted by Crippen LogP contribution is 2.70. The summed E-state index contributed by atoms with van der Waals surface area (Å²) in [7, 11) is 0. The molecule has 8 rings (SSSR count). The molecule has 0 radical (unpaired) electrons. The molecule has 4 aliphatic rings. The fourth-order valence-electron chi connectivity index (χ4n) is 7.74. The Labute approximate surface area is 203 Å². The largest absolute Gasteiger partial charge is 0.481 e. The van der Waals surface area contributed by atoms with Gasteiger partial charge in [-0.15, -0.1) is 11.3 Å². The second-order valence-electron chi connectivity index (χ2n) is 10.4. The maximum Gasteiger partial charge on any atom is 0.311 e. The second-order valence-corrected chi connectivity index (χ2v) is 11.2. The van der Waals surface area contributed by atoms with Crippen LogP contribution in [0.3, 0.4) is 0 Å². The molecule has 4 atom stereocenters. The van der Waals surface area contributed by atoms with Crippen molar-refractivity contribution in [1.29, 1.82) is 0 Å². The maximum absolute atomic E-state index is 13.3. The lowest BCUT2D eigenvalue weighted by atomic mass is 9.43. The molecule has 1 saturated carbocycles. The van der Waals surface area contributed by atoms with Crippen molar-refractivity contribution in [1.82, 2.24) is 4.90 Å². The van der Waals surface area contributed by atoms with Crippen LogP contribution >= 0.6 is 11.3 Å². The highest BCUT2D eigenvalue weighted by molar-refractivity contribution is 7.11. The van der Waals surface area contributed by atoms with Crippen molar-refractivity contribution in [2.45, 2.75) is 30.7 Å². The van der Waals surface area contributed by atoms with Crippen LogP contribution in [0.1, 0.15) is 40.3 Å². The van der Waals surface area contributed by atoms with E-state index >= 15 is 0 Å². The van der Waals surface area contributed by atoms with E-state index in [9.17, 15) is 9.90 Å². The van der Waals surface area contributed by atoms with Crippen molar-refractivity contribution >= 4 is 28.1 Å². The lowest BCUT2D eigenvalue weighted by Gasteiger charge is -2.59. The van der Waals surface area contributed by atoms with Crippen LogP contribution in [0.2, 0.25) is 0 Å². The molecule has 2 bridgehead atoms. The van der Waals surface area contributed by atoms with Crippen LogP contribution in [0.4, 0.5) is 0 Å². The van der Waals surface area contributed by atoms with E-state index in [4.69, 9.17) is 0 Å². The van der Waals surface area contributed by atoms with Gasteiger partial charge in [-0.1, -0.05) is 78.9 Å². The van der Waals surface area contributed by atoms with Crippen molar-refractivity contribution in [2.24, 2.45) is 11.3 Å². The zero-order valence-corrected chi connectivity index (χ0v) is 19.8. The molecular formula is C30H27NO2S. The number of likely N-dealkylation sites (tertiary alicyclic amines) is 1. The summed E-state index contributed by atoms with van der Waals surface area (Å²) in [6, 6.07) is 27.9. The van der Waals surface area contributed by atoms with E-state index in [0.717, 1.165) is 25.9 Å². The Morgan fingerprint density at radius 2 is 1.76 bits per heavy atom. The van der Waals surface area contributed by atoms with Crippen LogP contribution in [-0.2, 0) is 16.8 Å². The Balaban J connectivity index is 1.46. The second kappa shape index (κ2) is 7.27. The predicted octanol–water partition coefficient (Wildman–Crippen LogP) is 6.28. The van der Waals surface area contributed by atoms with Gasteiger partial charge in [-0.3, -0.25) is 9.69 Å². The van der Waals surface area contributed by atoms with Crippen LogP contribution in [0.25, 0.3) is 10.8 Å². The highest BCUT2D eigenvalue weighted by Gasteiger charge is 2.70. The van der Waals surface area contributed by atoms with Gasteiger partial charge < -0.3 is 5.11 Å². The van der Waals surface area contributed by atoms with E-state index in [0.29, 0.717) is 6.54 Å². The molecule has 0 amide bonds. The lowest BCUT2D eigenvalue weighted by molar-refractivity contribution is -0.157. The van der Waals surface area contributed by atoms with Crippen LogP contribution in [0.5, 0.6) is 0 Å². The molecule has 1 aliphatic heterocycles. The molecule has 4 unspecified atom stereocenters. The number of thiophene rings is 1. The number of carboxylic acid groups (broad SMARTS) is 1. The van der Waals surface area contributed by atoms with Gasteiger partial charge in [-0.05, 0) is 45.7 Å². The quantitative estimate of drug-likeness (QED) is 0.386. The summed E-state index contributed by atoms with van der Waals surface area (Å²) in [5.74, 6) is -0.491. The first-order valence-electron chi connectivity index (χ1n) is 12.2. The van der Waals surface area contributed by atoms with Crippen LogP contribution in [0, 0.1) is 11.3 Å². The first kappa shape index (κ1) is 20.4. The van der Waals surface area contributed by atoms with Gasteiger partial charge in [0.25, 0.3) is 0 Å². The fraction of sp³-hybridized carbons (Fsp3) is 0.300. The maximum atomic E-state index is 13.3. The zero-order chi connectivity index (χ0) is 22.9. The monoisotopic (exact) mass is 465 g/mol. The number of nitrogens with zero attached hydrogens (tertiary/aromatic N) is 1.